The molecule has 1 aromatic carbocycles. The van der Waals surface area contributed by atoms with Crippen molar-refractivity contribution in [1.82, 2.24) is 34.9 Å². The quantitative estimate of drug-likeness (QED) is 0.189. The molecule has 2 saturated carbocycles. The lowest BCUT2D eigenvalue weighted by Crippen LogP contribution is -2.58. The molecular weight excluding hydrogens is 696 g/mol. The highest BCUT2D eigenvalue weighted by Gasteiger charge is 2.67. The minimum absolute atomic E-state index is 0.0135. The predicted octanol–water partition coefficient (Wildman–Crippen LogP) is 1.60. The molecule has 278 valence electrons. The number of anilines is 1. The van der Waals surface area contributed by atoms with E-state index in [1.165, 1.54) is 14.2 Å². The van der Waals surface area contributed by atoms with Crippen LogP contribution in [0.1, 0.15) is 39.5 Å². The van der Waals surface area contributed by atoms with Gasteiger partial charge in [-0.3, -0.25) is 29.3 Å². The smallest absolute Gasteiger partial charge is 0.324 e. The zero-order valence-electron chi connectivity index (χ0n) is 29.5. The Labute approximate surface area is 300 Å². The first-order valence-electron chi connectivity index (χ1n) is 16.8. The van der Waals surface area contributed by atoms with Crippen molar-refractivity contribution in [2.75, 3.05) is 33.2 Å². The number of carbonyl (C=O) groups excluding carboxylic acids is 3. The lowest BCUT2D eigenvalue weighted by atomic mass is 10.0. The fraction of sp³-hybridized carbons (Fsp3) is 0.500. The number of aromatic nitrogens is 4. The molecule has 1 unspecified atom stereocenters. The van der Waals surface area contributed by atoms with E-state index in [-0.39, 0.29) is 43.3 Å². The van der Waals surface area contributed by atoms with Gasteiger partial charge in [0.15, 0.2) is 0 Å². The van der Waals surface area contributed by atoms with Crippen LogP contribution in [0.4, 0.5) is 5.95 Å². The number of benzene rings is 1. The number of imide groups is 1. The summed E-state index contributed by atoms with van der Waals surface area (Å²) >= 11 is 0. The third kappa shape index (κ3) is 7.30. The second kappa shape index (κ2) is 14.5. The second-order valence-electron chi connectivity index (χ2n) is 13.3. The van der Waals surface area contributed by atoms with Crippen molar-refractivity contribution in [3.05, 3.63) is 43.1 Å². The molecule has 3 N–H and O–H groups in total. The van der Waals surface area contributed by atoms with Gasteiger partial charge in [0.05, 0.1) is 32.6 Å². The maximum atomic E-state index is 14.2. The van der Waals surface area contributed by atoms with Gasteiger partial charge in [0.2, 0.25) is 33.7 Å². The van der Waals surface area contributed by atoms with Gasteiger partial charge >= 0.3 is 12.0 Å². The number of nitrogens with one attached hydrogen (secondary N) is 3. The summed E-state index contributed by atoms with van der Waals surface area (Å²) in [7, 11) is 0.396. The van der Waals surface area contributed by atoms with Crippen molar-refractivity contribution >= 4 is 44.5 Å². The molecule has 3 aromatic rings. The van der Waals surface area contributed by atoms with Crippen LogP contribution in [-0.2, 0) is 24.4 Å². The molecule has 52 heavy (non-hydrogen) atoms. The van der Waals surface area contributed by atoms with Gasteiger partial charge in [0, 0.05) is 30.5 Å². The van der Waals surface area contributed by atoms with Crippen LogP contribution in [0.15, 0.2) is 43.1 Å². The number of carbonyl (C=O) groups is 3. The summed E-state index contributed by atoms with van der Waals surface area (Å²) in [6, 6.07) is 5.08. The first-order chi connectivity index (χ1) is 24.8. The number of sulfonamides is 1. The van der Waals surface area contributed by atoms with E-state index >= 15 is 0 Å². The number of hydrogen-bond acceptors (Lipinski definition) is 15. The Bertz CT molecular complexity index is 1970. The van der Waals surface area contributed by atoms with Crippen LogP contribution >= 0.6 is 0 Å². The van der Waals surface area contributed by atoms with Crippen LogP contribution in [-0.4, -0.2) is 108 Å². The Morgan fingerprint density at radius 2 is 1.75 bits per heavy atom. The third-order valence-corrected chi connectivity index (χ3v) is 11.4. The van der Waals surface area contributed by atoms with Crippen molar-refractivity contribution in [3.8, 4) is 23.7 Å². The Balaban J connectivity index is 1.28. The summed E-state index contributed by atoms with van der Waals surface area (Å²) in [5, 5.41) is 6.32. The van der Waals surface area contributed by atoms with E-state index in [9.17, 15) is 22.8 Å². The van der Waals surface area contributed by atoms with Crippen LogP contribution in [0.2, 0.25) is 0 Å². The molecular formula is C34H42N8O9S. The van der Waals surface area contributed by atoms with Gasteiger partial charge < -0.3 is 24.3 Å². The normalized spacial score (nSPS) is 23.4. The molecule has 0 radical (unpaired) electrons. The Kier molecular flexibility index (Phi) is 10.2. The number of amides is 3. The maximum absolute atomic E-state index is 14.2. The van der Waals surface area contributed by atoms with Crippen molar-refractivity contribution in [1.29, 1.82) is 0 Å². The number of nitrogens with zero attached hydrogens (tertiary/aromatic N) is 5. The van der Waals surface area contributed by atoms with E-state index < -0.39 is 62.6 Å². The van der Waals surface area contributed by atoms with E-state index in [4.69, 9.17) is 18.9 Å². The number of methoxy groups -OCH3 is 3. The second-order valence-corrected chi connectivity index (χ2v) is 15.3. The maximum Gasteiger partial charge on any atom is 0.324 e. The van der Waals surface area contributed by atoms with E-state index in [1.54, 1.807) is 44.2 Å². The van der Waals surface area contributed by atoms with Gasteiger partial charge in [0.1, 0.15) is 23.4 Å². The molecule has 5 atom stereocenters. The minimum Gasteiger partial charge on any atom is -0.497 e. The Morgan fingerprint density at radius 3 is 2.35 bits per heavy atom. The van der Waals surface area contributed by atoms with Crippen molar-refractivity contribution < 1.29 is 41.7 Å². The van der Waals surface area contributed by atoms with E-state index in [0.717, 1.165) is 5.39 Å². The van der Waals surface area contributed by atoms with E-state index in [1.807, 2.05) is 18.2 Å². The summed E-state index contributed by atoms with van der Waals surface area (Å²) in [5.41, 5.74) is -1.42. The molecule has 6 rings (SSSR count). The number of pyridine rings is 1. The first-order valence-corrected chi connectivity index (χ1v) is 18.4. The van der Waals surface area contributed by atoms with Gasteiger partial charge in [-0.2, -0.15) is 9.97 Å². The lowest BCUT2D eigenvalue weighted by molar-refractivity contribution is -0.136. The molecule has 2 aliphatic carbocycles. The first kappa shape index (κ1) is 36.7. The lowest BCUT2D eigenvalue weighted by Gasteiger charge is -2.32. The summed E-state index contributed by atoms with van der Waals surface area (Å²) in [6.45, 7) is 7.47. The SMILES string of the molecule is C=C[C@@H]1C[C@@]1(C(=O)NS(=O)(=O)C1CC1)N1C[C@H](Oc2nccc3cc(OC)ccc23)C[C@H]1C(=O)NC(=O)C(Nc1nc(OC)nc(OC)n1)C(C)C. The summed E-state index contributed by atoms with van der Waals surface area (Å²) < 4.78 is 50.1. The van der Waals surface area contributed by atoms with Gasteiger partial charge in [-0.15, -0.1) is 11.6 Å². The topological polar surface area (TPSA) is 213 Å². The van der Waals surface area contributed by atoms with Crippen LogP contribution < -0.4 is 34.3 Å². The highest BCUT2D eigenvalue weighted by atomic mass is 32.2. The Morgan fingerprint density at radius 1 is 1.04 bits per heavy atom. The monoisotopic (exact) mass is 738 g/mol. The van der Waals surface area contributed by atoms with Crippen LogP contribution in [0, 0.1) is 11.8 Å². The largest absolute Gasteiger partial charge is 0.497 e. The standard InChI is InChI=1S/C34H42N8O9S/c1-7-20-16-34(20,30(45)41-52(46,47)23-9-10-23)42-17-22(51-29-24-11-8-21(48-4)14-19(24)12-13-35-29)15-25(42)27(43)37-28(44)26(18(2)3)36-31-38-32(49-5)40-33(39-31)50-6/h7-8,11-14,18,20,22-23,25-26H,1,9-10,15-17H2,2-6H3,(H,41,45)(H,37,43,44)(H,36,38,39,40)/t20-,22-,25+,26?,34-/m1/s1. The molecule has 1 aliphatic heterocycles. The molecule has 18 heteroatoms. The predicted molar refractivity (Wildman–Crippen MR) is 187 cm³/mol. The van der Waals surface area contributed by atoms with Gasteiger partial charge in [-0.05, 0) is 54.8 Å². The molecule has 1 saturated heterocycles. The highest BCUT2D eigenvalue weighted by Crippen LogP contribution is 2.53. The number of likely N-dealkylation sites (tertiary alicyclic amines) is 1. The van der Waals surface area contributed by atoms with E-state index in [2.05, 4.69) is 41.9 Å². The number of rotatable bonds is 15. The minimum atomic E-state index is -3.91. The molecule has 3 heterocycles. The van der Waals surface area contributed by atoms with Gasteiger partial charge in [-0.1, -0.05) is 19.9 Å². The number of ether oxygens (including phenoxy) is 4. The molecule has 3 fully saturated rings. The average molecular weight is 739 g/mol. The fourth-order valence-electron chi connectivity index (χ4n) is 6.58. The zero-order chi connectivity index (χ0) is 37.4. The fourth-order valence-corrected chi connectivity index (χ4v) is 7.94. The van der Waals surface area contributed by atoms with Crippen molar-refractivity contribution in [2.24, 2.45) is 11.8 Å². The molecule has 2 aromatic heterocycles. The van der Waals surface area contributed by atoms with Crippen LogP contribution in [0.25, 0.3) is 10.8 Å². The van der Waals surface area contributed by atoms with Crippen molar-refractivity contribution in [2.45, 2.75) is 68.5 Å². The summed E-state index contributed by atoms with van der Waals surface area (Å²) in [6.07, 6.45) is 3.70. The number of fused-ring (bicyclic) bond motifs is 1. The molecule has 0 bridgehead atoms. The molecule has 17 nitrogen and oxygen atoms in total. The molecule has 0 spiro atoms. The zero-order valence-corrected chi connectivity index (χ0v) is 30.3. The van der Waals surface area contributed by atoms with Gasteiger partial charge in [0.25, 0.3) is 5.91 Å². The Hall–Kier alpha value is -5.10. The number of hydrogen-bond donors (Lipinski definition) is 3. The average Bonchev–Trinajstić information content (AvgIpc) is 4.06. The van der Waals surface area contributed by atoms with Gasteiger partial charge in [-0.25, -0.2) is 13.4 Å². The van der Waals surface area contributed by atoms with Crippen molar-refractivity contribution in [3.63, 3.8) is 0 Å². The van der Waals surface area contributed by atoms with Crippen LogP contribution in [0.3, 0.4) is 0 Å². The third-order valence-electron chi connectivity index (χ3n) is 9.59. The summed E-state index contributed by atoms with van der Waals surface area (Å²) in [5.74, 6) is -2.00. The van der Waals surface area contributed by atoms with Crippen LogP contribution in [0.5, 0.6) is 23.7 Å². The molecule has 3 aliphatic rings. The summed E-state index contributed by atoms with van der Waals surface area (Å²) in [4.78, 5) is 60.2. The van der Waals surface area contributed by atoms with E-state index in [0.29, 0.717) is 29.9 Å². The molecule has 3 amide bonds. The highest BCUT2D eigenvalue weighted by molar-refractivity contribution is 7.91.